The maximum atomic E-state index is 12.9. The van der Waals surface area contributed by atoms with Crippen LogP contribution in [0.25, 0.3) is 10.8 Å². The number of sulfone groups is 1. The number of pyridine rings is 1. The van der Waals surface area contributed by atoms with Crippen LogP contribution in [0.15, 0.2) is 78.2 Å². The van der Waals surface area contributed by atoms with E-state index in [-0.39, 0.29) is 41.5 Å². The Kier molecular flexibility index (Phi) is 6.57. The molecule has 0 radical (unpaired) electrons. The number of aromatic nitrogens is 3. The lowest BCUT2D eigenvalue weighted by atomic mass is 9.99. The maximum Gasteiger partial charge on any atom is 0.185 e. The van der Waals surface area contributed by atoms with Crippen molar-refractivity contribution in [3.63, 3.8) is 0 Å². The molecule has 174 valence electrons. The Balaban J connectivity index is 0.00000274. The molecule has 5 rings (SSSR count). The minimum Gasteiger partial charge on any atom is -0.299 e. The lowest BCUT2D eigenvalue weighted by Crippen LogP contribution is -2.08. The second-order valence-corrected chi connectivity index (χ2v) is 10.6. The largest absolute Gasteiger partial charge is 0.299 e. The highest BCUT2D eigenvalue weighted by Crippen LogP contribution is 2.48. The molecule has 0 aliphatic heterocycles. The molecule has 34 heavy (non-hydrogen) atoms. The van der Waals surface area contributed by atoms with Crippen LogP contribution < -0.4 is 0 Å². The van der Waals surface area contributed by atoms with Gasteiger partial charge in [0, 0.05) is 42.5 Å². The van der Waals surface area contributed by atoms with Crippen molar-refractivity contribution < 1.29 is 13.2 Å². The summed E-state index contributed by atoms with van der Waals surface area (Å²) >= 11 is 0. The summed E-state index contributed by atoms with van der Waals surface area (Å²) in [5, 5.41) is 2.20. The van der Waals surface area contributed by atoms with Crippen molar-refractivity contribution in [1.29, 1.82) is 0 Å². The predicted octanol–water partition coefficient (Wildman–Crippen LogP) is 4.86. The number of hydrogen-bond acceptors (Lipinski definition) is 6. The summed E-state index contributed by atoms with van der Waals surface area (Å²) in [7, 11) is -3.52. The second kappa shape index (κ2) is 9.43. The van der Waals surface area contributed by atoms with Crippen LogP contribution in [0.2, 0.25) is 0 Å². The number of nitrogens with zero attached hydrogens (tertiary/aromatic N) is 3. The highest BCUT2D eigenvalue weighted by molar-refractivity contribution is 7.90. The quantitative estimate of drug-likeness (QED) is 0.381. The van der Waals surface area contributed by atoms with Crippen molar-refractivity contribution >= 4 is 26.4 Å². The van der Waals surface area contributed by atoms with Crippen molar-refractivity contribution in [1.82, 2.24) is 15.0 Å². The van der Waals surface area contributed by atoms with Gasteiger partial charge in [0.25, 0.3) is 0 Å². The molecule has 2 heterocycles. The van der Waals surface area contributed by atoms with E-state index in [2.05, 4.69) is 21.0 Å². The molecule has 0 spiro atoms. The lowest BCUT2D eigenvalue weighted by Gasteiger charge is -2.07. The van der Waals surface area contributed by atoms with Crippen molar-refractivity contribution in [2.75, 3.05) is 0 Å². The molecule has 0 saturated heterocycles. The number of benzene rings is 2. The number of carbonyl (C=O) groups is 1. The summed E-state index contributed by atoms with van der Waals surface area (Å²) in [6.45, 7) is 2.02. The molecule has 1 aliphatic rings. The summed E-state index contributed by atoms with van der Waals surface area (Å²) in [6.07, 6.45) is 7.94. The van der Waals surface area contributed by atoms with Crippen LogP contribution in [0.1, 0.15) is 42.3 Å². The van der Waals surface area contributed by atoms with Crippen molar-refractivity contribution in [3.05, 3.63) is 95.8 Å². The van der Waals surface area contributed by atoms with Gasteiger partial charge in [0.1, 0.15) is 17.4 Å². The van der Waals surface area contributed by atoms with Crippen LogP contribution in [-0.2, 0) is 26.8 Å². The van der Waals surface area contributed by atoms with E-state index < -0.39 is 9.84 Å². The first-order chi connectivity index (χ1) is 15.9. The topological polar surface area (TPSA) is 89.9 Å². The van der Waals surface area contributed by atoms with E-state index >= 15 is 0 Å². The third-order valence-electron chi connectivity index (χ3n) is 6.21. The zero-order chi connectivity index (χ0) is 23.0. The fourth-order valence-electron chi connectivity index (χ4n) is 4.30. The zero-order valence-corrected chi connectivity index (χ0v) is 19.0. The third kappa shape index (κ3) is 4.89. The van der Waals surface area contributed by atoms with Gasteiger partial charge in [-0.25, -0.2) is 18.4 Å². The summed E-state index contributed by atoms with van der Waals surface area (Å²) in [6, 6.07) is 14.6. The van der Waals surface area contributed by atoms with Crippen molar-refractivity contribution in [2.45, 2.75) is 43.8 Å². The van der Waals surface area contributed by atoms with Crippen LogP contribution in [0.3, 0.4) is 0 Å². The van der Waals surface area contributed by atoms with Gasteiger partial charge >= 0.3 is 0 Å². The Hall–Kier alpha value is -3.45. The molecule has 1 aliphatic carbocycles. The number of Topliss-reactive ketones (excluding diaryl/α,β-unsaturated/α-hetero) is 1. The Bertz CT molecular complexity index is 1440. The number of fused-ring (bicyclic) bond motifs is 1. The molecule has 0 amide bonds. The summed E-state index contributed by atoms with van der Waals surface area (Å²) in [5.41, 5.74) is 3.11. The Morgan fingerprint density at radius 2 is 1.76 bits per heavy atom. The minimum absolute atomic E-state index is 0. The van der Waals surface area contributed by atoms with Gasteiger partial charge in [-0.05, 0) is 59.5 Å². The van der Waals surface area contributed by atoms with E-state index in [0.29, 0.717) is 6.42 Å². The Morgan fingerprint density at radius 1 is 1.03 bits per heavy atom. The SMILES string of the molecule is C.Cc1cncc2ccc(CC(=O)[C@@H]3CC3c3ccc(S(=O)(=O)Cc4ncccn4)cc3)cc12. The van der Waals surface area contributed by atoms with Crippen LogP contribution in [0.5, 0.6) is 0 Å². The van der Waals surface area contributed by atoms with E-state index in [9.17, 15) is 13.2 Å². The van der Waals surface area contributed by atoms with Crippen LogP contribution in [0, 0.1) is 12.8 Å². The standard InChI is InChI=1S/C26H23N3O3S.CH4/c1-17-14-27-15-20-4-3-18(11-22(17)20)12-25(30)24-13-23(24)19-5-7-21(8-6-19)33(31,32)16-26-28-9-2-10-29-26;/h2-11,14-15,23-24H,12-13,16H2,1H3;1H4/t23?,24-;/m1./s1. The number of rotatable bonds is 7. The number of aryl methyl sites for hydroxylation is 1. The Labute approximate surface area is 200 Å². The van der Waals surface area contributed by atoms with Gasteiger partial charge in [0.2, 0.25) is 0 Å². The second-order valence-electron chi connectivity index (χ2n) is 8.60. The van der Waals surface area contributed by atoms with E-state index in [1.54, 1.807) is 18.2 Å². The molecule has 2 atom stereocenters. The third-order valence-corrected chi connectivity index (χ3v) is 7.84. The summed E-state index contributed by atoms with van der Waals surface area (Å²) in [4.78, 5) is 25.3. The summed E-state index contributed by atoms with van der Waals surface area (Å²) < 4.78 is 25.3. The van der Waals surface area contributed by atoms with E-state index in [1.165, 1.54) is 12.4 Å². The number of carbonyl (C=O) groups excluding carboxylic acids is 1. The van der Waals surface area contributed by atoms with Gasteiger partial charge in [0.15, 0.2) is 9.84 Å². The molecular formula is C27H27N3O3S. The van der Waals surface area contributed by atoms with E-state index in [1.807, 2.05) is 43.6 Å². The van der Waals surface area contributed by atoms with Crippen molar-refractivity contribution in [3.8, 4) is 0 Å². The highest BCUT2D eigenvalue weighted by Gasteiger charge is 2.43. The number of ketones is 1. The monoisotopic (exact) mass is 473 g/mol. The predicted molar refractivity (Wildman–Crippen MR) is 132 cm³/mol. The fourth-order valence-corrected chi connectivity index (χ4v) is 5.50. The smallest absolute Gasteiger partial charge is 0.185 e. The van der Waals surface area contributed by atoms with Gasteiger partial charge in [-0.15, -0.1) is 0 Å². The van der Waals surface area contributed by atoms with Crippen LogP contribution in [0.4, 0.5) is 0 Å². The van der Waals surface area contributed by atoms with Gasteiger partial charge in [0.05, 0.1) is 4.90 Å². The van der Waals surface area contributed by atoms with E-state index in [4.69, 9.17) is 0 Å². The molecule has 2 aromatic carbocycles. The molecule has 1 unspecified atom stereocenters. The molecule has 6 nitrogen and oxygen atoms in total. The van der Waals surface area contributed by atoms with Gasteiger partial charge in [-0.3, -0.25) is 9.78 Å². The fraction of sp³-hybridized carbons (Fsp3) is 0.259. The maximum absolute atomic E-state index is 12.9. The first-order valence-electron chi connectivity index (χ1n) is 10.9. The average Bonchev–Trinajstić information content (AvgIpc) is 3.61. The molecule has 7 heteroatoms. The summed E-state index contributed by atoms with van der Waals surface area (Å²) in [5.74, 6) is 0.398. The first-order valence-corrected chi connectivity index (χ1v) is 12.5. The minimum atomic E-state index is -3.52. The lowest BCUT2D eigenvalue weighted by molar-refractivity contribution is -0.119. The van der Waals surface area contributed by atoms with Gasteiger partial charge in [-0.1, -0.05) is 37.8 Å². The Morgan fingerprint density at radius 3 is 2.50 bits per heavy atom. The molecule has 0 bridgehead atoms. The zero-order valence-electron chi connectivity index (χ0n) is 18.2. The average molecular weight is 474 g/mol. The van der Waals surface area contributed by atoms with E-state index in [0.717, 1.165) is 33.9 Å². The first kappa shape index (κ1) is 23.7. The molecule has 2 aromatic heterocycles. The molecule has 1 saturated carbocycles. The van der Waals surface area contributed by atoms with Crippen molar-refractivity contribution in [2.24, 2.45) is 5.92 Å². The number of hydrogen-bond donors (Lipinski definition) is 0. The highest BCUT2D eigenvalue weighted by atomic mass is 32.2. The van der Waals surface area contributed by atoms with Gasteiger partial charge in [-0.2, -0.15) is 0 Å². The molecular weight excluding hydrogens is 446 g/mol. The molecule has 4 aromatic rings. The molecule has 1 fully saturated rings. The van der Waals surface area contributed by atoms with Crippen LogP contribution in [-0.4, -0.2) is 29.2 Å². The normalized spacial score (nSPS) is 17.2. The molecule has 0 N–H and O–H groups in total. The van der Waals surface area contributed by atoms with Crippen LogP contribution >= 0.6 is 0 Å². The van der Waals surface area contributed by atoms with Gasteiger partial charge < -0.3 is 0 Å².